The molecule has 2 atom stereocenters. The zero-order valence-corrected chi connectivity index (χ0v) is 12.3. The van der Waals surface area contributed by atoms with E-state index in [-0.39, 0.29) is 6.04 Å². The topological polar surface area (TPSA) is 84.4 Å². The van der Waals surface area contributed by atoms with Gasteiger partial charge in [0.15, 0.2) is 0 Å². The number of hydrogen-bond acceptors (Lipinski definition) is 4. The Morgan fingerprint density at radius 1 is 1.41 bits per heavy atom. The third kappa shape index (κ3) is 3.18. The molecule has 22 heavy (non-hydrogen) atoms. The van der Waals surface area contributed by atoms with E-state index < -0.39 is 12.0 Å². The first-order valence-corrected chi connectivity index (χ1v) is 7.44. The Bertz CT molecular complexity index is 641. The van der Waals surface area contributed by atoms with Crippen LogP contribution in [-0.2, 0) is 11.2 Å². The van der Waals surface area contributed by atoms with Crippen molar-refractivity contribution in [3.8, 4) is 5.69 Å². The Morgan fingerprint density at radius 2 is 2.18 bits per heavy atom. The van der Waals surface area contributed by atoms with Crippen LogP contribution in [0.3, 0.4) is 0 Å². The largest absolute Gasteiger partial charge is 0.480 e. The number of carboxylic acid groups (broad SMARTS) is 1. The maximum Gasteiger partial charge on any atom is 0.321 e. The number of aliphatic carboxylic acids is 1. The molecular formula is C16H20N4O2. The Balaban J connectivity index is 1.74. The zero-order chi connectivity index (χ0) is 15.5. The van der Waals surface area contributed by atoms with Gasteiger partial charge in [-0.25, -0.2) is 4.98 Å². The molecule has 2 unspecified atom stereocenters. The van der Waals surface area contributed by atoms with Crippen molar-refractivity contribution in [1.29, 1.82) is 0 Å². The molecule has 1 saturated heterocycles. The minimum Gasteiger partial charge on any atom is -0.480 e. The zero-order valence-electron chi connectivity index (χ0n) is 12.3. The fourth-order valence-electron chi connectivity index (χ4n) is 2.88. The number of carboxylic acids is 1. The molecule has 2 aromatic rings. The van der Waals surface area contributed by atoms with Crippen LogP contribution in [0.25, 0.3) is 5.69 Å². The number of carbonyl (C=O) groups is 1. The number of hydrogen-bond donors (Lipinski definition) is 2. The number of nitrogens with two attached hydrogens (primary N) is 1. The molecule has 3 rings (SSSR count). The maximum absolute atomic E-state index is 11.6. The van der Waals surface area contributed by atoms with E-state index in [1.54, 1.807) is 6.33 Å². The smallest absolute Gasteiger partial charge is 0.321 e. The Hall–Kier alpha value is -2.18. The molecule has 116 valence electrons. The molecule has 0 aliphatic carbocycles. The van der Waals surface area contributed by atoms with Crippen molar-refractivity contribution in [3.05, 3.63) is 48.5 Å². The lowest BCUT2D eigenvalue weighted by atomic mass is 10.1. The van der Waals surface area contributed by atoms with E-state index in [0.29, 0.717) is 13.0 Å². The lowest BCUT2D eigenvalue weighted by molar-refractivity contribution is -0.142. The van der Waals surface area contributed by atoms with Crippen molar-refractivity contribution in [2.45, 2.75) is 24.9 Å². The third-order valence-corrected chi connectivity index (χ3v) is 4.07. The number of rotatable bonds is 5. The van der Waals surface area contributed by atoms with Crippen LogP contribution < -0.4 is 5.73 Å². The van der Waals surface area contributed by atoms with Gasteiger partial charge in [-0.3, -0.25) is 9.69 Å². The maximum atomic E-state index is 11.6. The minimum atomic E-state index is -0.816. The van der Waals surface area contributed by atoms with E-state index in [0.717, 1.165) is 24.3 Å². The highest BCUT2D eigenvalue weighted by atomic mass is 16.4. The van der Waals surface area contributed by atoms with Crippen molar-refractivity contribution < 1.29 is 9.90 Å². The van der Waals surface area contributed by atoms with Crippen molar-refractivity contribution in [1.82, 2.24) is 14.5 Å². The summed E-state index contributed by atoms with van der Waals surface area (Å²) in [6.45, 7) is 1.37. The lowest BCUT2D eigenvalue weighted by Crippen LogP contribution is -2.42. The van der Waals surface area contributed by atoms with Gasteiger partial charge in [0.05, 0.1) is 12.0 Å². The predicted octanol–water partition coefficient (Wildman–Crippen LogP) is 0.901. The van der Waals surface area contributed by atoms with Gasteiger partial charge in [0.25, 0.3) is 0 Å². The van der Waals surface area contributed by atoms with Crippen LogP contribution in [-0.4, -0.2) is 50.7 Å². The summed E-state index contributed by atoms with van der Waals surface area (Å²) in [6, 6.07) is 9.36. The number of aromatic nitrogens is 2. The molecule has 1 aromatic heterocycles. The molecule has 0 bridgehead atoms. The Morgan fingerprint density at radius 3 is 2.82 bits per heavy atom. The van der Waals surface area contributed by atoms with Gasteiger partial charge in [0.1, 0.15) is 6.04 Å². The molecule has 0 amide bonds. The summed E-state index contributed by atoms with van der Waals surface area (Å²) in [5.41, 5.74) is 7.67. The molecule has 1 fully saturated rings. The van der Waals surface area contributed by atoms with Crippen molar-refractivity contribution in [2.24, 2.45) is 5.73 Å². The first-order valence-electron chi connectivity index (χ1n) is 7.44. The van der Waals surface area contributed by atoms with Crippen LogP contribution in [0.1, 0.15) is 12.1 Å². The van der Waals surface area contributed by atoms with Crippen molar-refractivity contribution >= 4 is 5.97 Å². The number of nitrogens with zero attached hydrogens (tertiary/aromatic N) is 3. The summed E-state index contributed by atoms with van der Waals surface area (Å²) in [4.78, 5) is 17.8. The van der Waals surface area contributed by atoms with Gasteiger partial charge in [-0.05, 0) is 18.6 Å². The second-order valence-electron chi connectivity index (χ2n) is 5.71. The third-order valence-electron chi connectivity index (χ3n) is 4.07. The standard InChI is InChI=1S/C16H20N4O2/c17-12-6-7-19(9-12)15(16(21)22)8-13-10-20(11-18-13)14-4-2-1-3-5-14/h1-5,10-12,15H,6-9,17H2,(H,21,22). The van der Waals surface area contributed by atoms with Crippen LogP contribution in [0.4, 0.5) is 0 Å². The van der Waals surface area contributed by atoms with Crippen LogP contribution in [0.15, 0.2) is 42.9 Å². The summed E-state index contributed by atoms with van der Waals surface area (Å²) >= 11 is 0. The van der Waals surface area contributed by atoms with E-state index in [2.05, 4.69) is 4.98 Å². The molecule has 0 radical (unpaired) electrons. The number of benzene rings is 1. The average Bonchev–Trinajstić information content (AvgIpc) is 3.14. The Labute approximate surface area is 129 Å². The minimum absolute atomic E-state index is 0.0729. The highest BCUT2D eigenvalue weighted by molar-refractivity contribution is 5.74. The lowest BCUT2D eigenvalue weighted by Gasteiger charge is -2.23. The summed E-state index contributed by atoms with van der Waals surface area (Å²) in [6.07, 6.45) is 4.85. The van der Waals surface area contributed by atoms with Gasteiger partial charge in [-0.2, -0.15) is 0 Å². The van der Waals surface area contributed by atoms with Gasteiger partial charge in [-0.1, -0.05) is 18.2 Å². The van der Waals surface area contributed by atoms with Gasteiger partial charge < -0.3 is 15.4 Å². The van der Waals surface area contributed by atoms with Crippen LogP contribution in [0.2, 0.25) is 0 Å². The Kier molecular flexibility index (Phi) is 4.22. The van der Waals surface area contributed by atoms with Crippen LogP contribution in [0, 0.1) is 0 Å². The van der Waals surface area contributed by atoms with E-state index in [1.807, 2.05) is 46.0 Å². The van der Waals surface area contributed by atoms with Crippen molar-refractivity contribution in [3.63, 3.8) is 0 Å². The van der Waals surface area contributed by atoms with E-state index in [1.165, 1.54) is 0 Å². The molecule has 1 aliphatic rings. The first kappa shape index (κ1) is 14.7. The molecule has 0 spiro atoms. The van der Waals surface area contributed by atoms with Gasteiger partial charge in [0.2, 0.25) is 0 Å². The van der Waals surface area contributed by atoms with Crippen molar-refractivity contribution in [2.75, 3.05) is 13.1 Å². The molecule has 0 saturated carbocycles. The molecule has 3 N–H and O–H groups in total. The molecule has 2 heterocycles. The molecule has 6 nitrogen and oxygen atoms in total. The van der Waals surface area contributed by atoms with Gasteiger partial charge in [-0.15, -0.1) is 0 Å². The summed E-state index contributed by atoms with van der Waals surface area (Å²) < 4.78 is 1.91. The summed E-state index contributed by atoms with van der Waals surface area (Å²) in [5, 5.41) is 9.49. The average molecular weight is 300 g/mol. The second kappa shape index (κ2) is 6.29. The fraction of sp³-hybridized carbons (Fsp3) is 0.375. The number of para-hydroxylation sites is 1. The fourth-order valence-corrected chi connectivity index (χ4v) is 2.88. The summed E-state index contributed by atoms with van der Waals surface area (Å²) in [5.74, 6) is -0.816. The normalized spacial score (nSPS) is 20.1. The van der Waals surface area contributed by atoms with E-state index in [9.17, 15) is 9.90 Å². The quantitative estimate of drug-likeness (QED) is 0.857. The van der Waals surface area contributed by atoms with Crippen LogP contribution in [0.5, 0.6) is 0 Å². The van der Waals surface area contributed by atoms with Crippen LogP contribution >= 0.6 is 0 Å². The predicted molar refractivity (Wildman–Crippen MR) is 82.9 cm³/mol. The summed E-state index contributed by atoms with van der Waals surface area (Å²) in [7, 11) is 0. The highest BCUT2D eigenvalue weighted by Crippen LogP contribution is 2.16. The highest BCUT2D eigenvalue weighted by Gasteiger charge is 2.31. The molecule has 1 aliphatic heterocycles. The second-order valence-corrected chi connectivity index (χ2v) is 5.71. The molecule has 1 aromatic carbocycles. The van der Waals surface area contributed by atoms with Gasteiger partial charge in [0, 0.05) is 37.4 Å². The number of likely N-dealkylation sites (tertiary alicyclic amines) is 1. The van der Waals surface area contributed by atoms with Gasteiger partial charge >= 0.3 is 5.97 Å². The molecular weight excluding hydrogens is 280 g/mol. The SMILES string of the molecule is NC1CCN(C(Cc2cn(-c3ccccc3)cn2)C(=O)O)C1. The number of imidazole rings is 1. The first-order chi connectivity index (χ1) is 10.6. The monoisotopic (exact) mass is 300 g/mol. The van der Waals surface area contributed by atoms with E-state index >= 15 is 0 Å². The van der Waals surface area contributed by atoms with E-state index in [4.69, 9.17) is 5.73 Å². The molecule has 6 heteroatoms.